The molecule has 3 fully saturated rings. The first-order valence-corrected chi connectivity index (χ1v) is 27.6. The van der Waals surface area contributed by atoms with Gasteiger partial charge in [-0.3, -0.25) is 0 Å². The molecule has 0 radical (unpaired) electrons. The van der Waals surface area contributed by atoms with Crippen LogP contribution in [0.25, 0.3) is 12.2 Å². The predicted octanol–water partition coefficient (Wildman–Crippen LogP) is 2.67. The van der Waals surface area contributed by atoms with E-state index in [0.717, 1.165) is 0 Å². The summed E-state index contributed by atoms with van der Waals surface area (Å²) in [5.74, 6) is 0. The van der Waals surface area contributed by atoms with Crippen LogP contribution in [0.1, 0.15) is 48.9 Å². The smallest absolute Gasteiger partial charge is 1.00 e. The van der Waals surface area contributed by atoms with Gasteiger partial charge in [-0.05, 0) is 0 Å². The molecular formula is C30H38Cl2HfSi2. The molecule has 0 N–H and O–H groups in total. The van der Waals surface area contributed by atoms with Crippen molar-refractivity contribution in [3.8, 4) is 0 Å². The molecule has 0 nitrogen and oxygen atoms in total. The van der Waals surface area contributed by atoms with Gasteiger partial charge in [0, 0.05) is 0 Å². The molecule has 0 spiro atoms. The molecule has 0 aromatic heterocycles. The van der Waals surface area contributed by atoms with E-state index in [-0.39, 0.29) is 24.8 Å². The largest absolute Gasteiger partial charge is 1.00 e. The van der Waals surface area contributed by atoms with E-state index in [0.29, 0.717) is 5.59 Å². The quantitative estimate of drug-likeness (QED) is 0.407. The molecule has 2 atom stereocenters. The maximum absolute atomic E-state index is 2.96. The Morgan fingerprint density at radius 3 is 1.37 bits per heavy atom. The average molecular weight is 704 g/mol. The van der Waals surface area contributed by atoms with E-state index in [2.05, 4.69) is 86.7 Å². The van der Waals surface area contributed by atoms with Gasteiger partial charge in [0.15, 0.2) is 0 Å². The van der Waals surface area contributed by atoms with Gasteiger partial charge < -0.3 is 24.8 Å². The zero-order valence-corrected chi connectivity index (χ0v) is 28.4. The molecule has 3 heterocycles. The maximum Gasteiger partial charge on any atom is -1.00 e. The van der Waals surface area contributed by atoms with Crippen molar-refractivity contribution >= 4 is 28.3 Å². The Bertz CT molecular complexity index is 1090. The maximum atomic E-state index is 2.94. The summed E-state index contributed by atoms with van der Waals surface area (Å²) in [6.07, 6.45) is 14.1. The van der Waals surface area contributed by atoms with Gasteiger partial charge in [0.1, 0.15) is 0 Å². The molecule has 184 valence electrons. The molecule has 2 aromatic carbocycles. The molecule has 3 saturated heterocycles. The Kier molecular flexibility index (Phi) is 6.74. The van der Waals surface area contributed by atoms with Gasteiger partial charge in [0.05, 0.1) is 0 Å². The third-order valence-electron chi connectivity index (χ3n) is 11.7. The zero-order chi connectivity index (χ0) is 22.4. The number of hydrogen-bond donors (Lipinski definition) is 0. The summed E-state index contributed by atoms with van der Waals surface area (Å²) in [5, 5.41) is 0. The van der Waals surface area contributed by atoms with Gasteiger partial charge in [0.25, 0.3) is 0 Å². The molecule has 3 aliphatic heterocycles. The second-order valence-corrected chi connectivity index (χ2v) is 42.8. The summed E-state index contributed by atoms with van der Waals surface area (Å²) in [4.78, 5) is 0. The van der Waals surface area contributed by atoms with Crippen LogP contribution < -0.4 is 24.8 Å². The Labute approximate surface area is 231 Å². The molecule has 0 bridgehead atoms. The fourth-order valence-electron chi connectivity index (χ4n) is 9.87. The molecule has 35 heavy (non-hydrogen) atoms. The van der Waals surface area contributed by atoms with Gasteiger partial charge >= 0.3 is 208 Å². The normalized spacial score (nSPS) is 30.3. The van der Waals surface area contributed by atoms with Crippen molar-refractivity contribution in [1.82, 2.24) is 0 Å². The second-order valence-electron chi connectivity index (χ2n) is 12.0. The predicted molar refractivity (Wildman–Crippen MR) is 145 cm³/mol. The Hall–Kier alpha value is -0.196. The van der Waals surface area contributed by atoms with Gasteiger partial charge in [-0.2, -0.15) is 0 Å². The molecule has 2 unspecified atom stereocenters. The summed E-state index contributed by atoms with van der Waals surface area (Å²) < 4.78 is 4.42. The third kappa shape index (κ3) is 2.89. The first-order chi connectivity index (χ1) is 16.1. The van der Waals surface area contributed by atoms with E-state index in [4.69, 9.17) is 0 Å². The van der Waals surface area contributed by atoms with Crippen LogP contribution in [0.4, 0.5) is 0 Å². The molecule has 7 rings (SSSR count). The molecular weight excluding hydrogens is 666 g/mol. The van der Waals surface area contributed by atoms with E-state index in [1.54, 1.807) is 43.7 Å². The van der Waals surface area contributed by atoms with Crippen LogP contribution in [0, 0.1) is 0 Å². The average Bonchev–Trinajstić information content (AvgIpc) is 3.38. The minimum Gasteiger partial charge on any atom is -1.00 e. The number of rotatable bonds is 6. The van der Waals surface area contributed by atoms with Crippen LogP contribution >= 0.6 is 0 Å². The molecule has 0 amide bonds. The van der Waals surface area contributed by atoms with Crippen molar-refractivity contribution in [2.75, 3.05) is 0 Å². The SMILES string of the molecule is CC[Si]1([C]2([Hf+2]3([C]4([Si]5(CC)CCC5)C=Cc5ccccc54)[CH2][CH2]3)C=Cc3ccccc32)CCC1.[Cl-].[Cl-]. The third-order valence-corrected chi connectivity index (χ3v) is 62.5. The molecule has 2 aromatic rings. The molecule has 5 aliphatic rings. The summed E-state index contributed by atoms with van der Waals surface area (Å²) >= 11 is -2.96. The van der Waals surface area contributed by atoms with Crippen molar-refractivity contribution in [3.05, 3.63) is 82.9 Å². The summed E-state index contributed by atoms with van der Waals surface area (Å²) in [6.45, 7) is 5.21. The molecule has 2 aliphatic carbocycles. The molecule has 0 saturated carbocycles. The summed E-state index contributed by atoms with van der Waals surface area (Å²) in [6, 6.07) is 29.0. The van der Waals surface area contributed by atoms with E-state index in [1.165, 1.54) is 24.9 Å². The second kappa shape index (κ2) is 8.94. The summed E-state index contributed by atoms with van der Waals surface area (Å²) in [7, 11) is -2.75. The van der Waals surface area contributed by atoms with Gasteiger partial charge in [-0.25, -0.2) is 0 Å². The first-order valence-electron chi connectivity index (χ1n) is 13.7. The Morgan fingerprint density at radius 1 is 0.657 bits per heavy atom. The van der Waals surface area contributed by atoms with E-state index >= 15 is 0 Å². The van der Waals surface area contributed by atoms with Crippen LogP contribution in [0.2, 0.25) is 44.6 Å². The van der Waals surface area contributed by atoms with E-state index in [9.17, 15) is 0 Å². The Morgan fingerprint density at radius 2 is 1.06 bits per heavy atom. The number of benzene rings is 2. The van der Waals surface area contributed by atoms with Crippen LogP contribution in [0.3, 0.4) is 0 Å². The fourth-order valence-corrected chi connectivity index (χ4v) is 84.7. The number of hydrogen-bond acceptors (Lipinski definition) is 0. The minimum atomic E-state index is -2.96. The van der Waals surface area contributed by atoms with E-state index < -0.39 is 36.1 Å². The van der Waals surface area contributed by atoms with Crippen LogP contribution in [0.15, 0.2) is 60.7 Å². The van der Waals surface area contributed by atoms with Crippen molar-refractivity contribution in [2.45, 2.75) is 76.9 Å². The number of halogens is 2. The first kappa shape index (κ1) is 26.4. The number of allylic oxidation sites excluding steroid dienone is 2. The Balaban J connectivity index is 0.00000127. The van der Waals surface area contributed by atoms with Crippen molar-refractivity contribution < 1.29 is 44.8 Å². The fraction of sp³-hybridized carbons (Fsp3) is 0.467. The van der Waals surface area contributed by atoms with Crippen LogP contribution in [-0.4, -0.2) is 16.1 Å². The molecule has 5 heteroatoms. The standard InChI is InChI=1S/2C14H17Si.C2H4.2ClH.Hf/c2*1-2-15(10-5-11-15)14-9-8-12-6-3-4-7-13(12)14;1-2;;;/h2*3-4,6-9H,2,5,10-11H2,1H3;1-2H2;2*1H;/q;;;;;+2/p-2. The van der Waals surface area contributed by atoms with Crippen LogP contribution in [0.5, 0.6) is 0 Å². The van der Waals surface area contributed by atoms with Gasteiger partial charge in [0.2, 0.25) is 0 Å². The van der Waals surface area contributed by atoms with Crippen LogP contribution in [-0.2, 0) is 25.6 Å². The minimum absolute atomic E-state index is 0. The van der Waals surface area contributed by atoms with Gasteiger partial charge in [-0.15, -0.1) is 0 Å². The van der Waals surface area contributed by atoms with Crippen molar-refractivity contribution in [3.63, 3.8) is 0 Å². The van der Waals surface area contributed by atoms with E-state index in [1.807, 2.05) is 11.1 Å². The summed E-state index contributed by atoms with van der Waals surface area (Å²) in [5.41, 5.74) is 6.88. The number of fused-ring (bicyclic) bond motifs is 2. The van der Waals surface area contributed by atoms with Gasteiger partial charge in [-0.1, -0.05) is 0 Å². The zero-order valence-electron chi connectivity index (χ0n) is 21.3. The van der Waals surface area contributed by atoms with Crippen molar-refractivity contribution in [1.29, 1.82) is 0 Å². The monoisotopic (exact) mass is 704 g/mol. The van der Waals surface area contributed by atoms with Crippen molar-refractivity contribution in [2.24, 2.45) is 0 Å². The topological polar surface area (TPSA) is 0 Å².